The van der Waals surface area contributed by atoms with Crippen molar-refractivity contribution in [2.24, 2.45) is 0 Å². The number of hydrogen-bond donors (Lipinski definition) is 1. The van der Waals surface area contributed by atoms with Crippen LogP contribution in [-0.2, 0) is 11.5 Å². The van der Waals surface area contributed by atoms with Gasteiger partial charge in [-0.3, -0.25) is 0 Å². The van der Waals surface area contributed by atoms with Crippen molar-refractivity contribution in [2.45, 2.75) is 32.4 Å². The molecule has 3 rings (SSSR count). The Morgan fingerprint density at radius 2 is 2.04 bits per heavy atom. The summed E-state index contributed by atoms with van der Waals surface area (Å²) in [6.07, 6.45) is 5.01. The molecule has 144 valence electrons. The lowest BCUT2D eigenvalue weighted by atomic mass is 10.2. The van der Waals surface area contributed by atoms with Gasteiger partial charge in [0.05, 0.1) is 29.0 Å². The SMILES string of the molecule is COc1cc2c(cnn2COCC[Si](C)(C)C)cc1Nc1ncncc1Br. The molecule has 0 saturated carbocycles. The Morgan fingerprint density at radius 3 is 2.74 bits per heavy atom. The Labute approximate surface area is 168 Å². The van der Waals surface area contributed by atoms with Crippen LogP contribution in [0.25, 0.3) is 10.9 Å². The van der Waals surface area contributed by atoms with Crippen molar-refractivity contribution in [2.75, 3.05) is 19.0 Å². The molecule has 0 amide bonds. The van der Waals surface area contributed by atoms with Crippen LogP contribution in [0, 0.1) is 0 Å². The Kier molecular flexibility index (Phi) is 6.13. The van der Waals surface area contributed by atoms with E-state index in [9.17, 15) is 0 Å². The summed E-state index contributed by atoms with van der Waals surface area (Å²) in [5.41, 5.74) is 1.77. The molecule has 27 heavy (non-hydrogen) atoms. The molecular formula is C18H24BrN5O2Si. The van der Waals surface area contributed by atoms with Crippen molar-refractivity contribution in [3.8, 4) is 5.75 Å². The first-order chi connectivity index (χ1) is 12.9. The fourth-order valence-electron chi connectivity index (χ4n) is 2.54. The van der Waals surface area contributed by atoms with Crippen LogP contribution in [-0.4, -0.2) is 41.5 Å². The van der Waals surface area contributed by atoms with Gasteiger partial charge in [0.2, 0.25) is 0 Å². The van der Waals surface area contributed by atoms with Crippen LogP contribution in [0.15, 0.2) is 35.3 Å². The molecule has 0 atom stereocenters. The molecule has 0 aliphatic heterocycles. The number of anilines is 2. The number of hydrogen-bond acceptors (Lipinski definition) is 6. The Balaban J connectivity index is 1.80. The Morgan fingerprint density at radius 1 is 1.22 bits per heavy atom. The van der Waals surface area contributed by atoms with Gasteiger partial charge in [0.1, 0.15) is 24.6 Å². The molecule has 1 N–H and O–H groups in total. The van der Waals surface area contributed by atoms with Crippen LogP contribution in [0.2, 0.25) is 25.7 Å². The highest BCUT2D eigenvalue weighted by atomic mass is 79.9. The summed E-state index contributed by atoms with van der Waals surface area (Å²) in [4.78, 5) is 8.22. The highest BCUT2D eigenvalue weighted by Gasteiger charge is 2.14. The molecule has 1 aromatic carbocycles. The second-order valence-electron chi connectivity index (χ2n) is 7.45. The van der Waals surface area contributed by atoms with E-state index in [-0.39, 0.29) is 0 Å². The third kappa shape index (κ3) is 5.05. The zero-order valence-electron chi connectivity index (χ0n) is 16.0. The first kappa shape index (κ1) is 19.8. The normalized spacial score (nSPS) is 11.7. The molecule has 3 aromatic rings. The fourth-order valence-corrected chi connectivity index (χ4v) is 3.61. The van der Waals surface area contributed by atoms with Crippen molar-refractivity contribution in [3.63, 3.8) is 0 Å². The lowest BCUT2D eigenvalue weighted by Crippen LogP contribution is -2.22. The fraction of sp³-hybridized carbons (Fsp3) is 0.389. The van der Waals surface area contributed by atoms with Crippen LogP contribution in [0.4, 0.5) is 11.5 Å². The standard InChI is InChI=1S/C18H24BrN5O2Si/c1-25-17-8-16-13(7-15(17)23-18-14(19)10-20-11-21-18)9-22-24(16)12-26-5-6-27(2,3)4/h7-11H,5-6,12H2,1-4H3,(H,20,21,23). The van der Waals surface area contributed by atoms with Gasteiger partial charge >= 0.3 is 0 Å². The number of ether oxygens (including phenoxy) is 2. The lowest BCUT2D eigenvalue weighted by molar-refractivity contribution is 0.0817. The van der Waals surface area contributed by atoms with Crippen LogP contribution in [0.5, 0.6) is 5.75 Å². The van der Waals surface area contributed by atoms with E-state index in [0.29, 0.717) is 18.3 Å². The predicted octanol–water partition coefficient (Wildman–Crippen LogP) is 4.65. The molecule has 0 spiro atoms. The maximum absolute atomic E-state index is 5.83. The minimum absolute atomic E-state index is 0.432. The number of halogens is 1. The number of benzene rings is 1. The van der Waals surface area contributed by atoms with E-state index in [0.717, 1.165) is 33.7 Å². The van der Waals surface area contributed by atoms with Crippen molar-refractivity contribution in [1.29, 1.82) is 0 Å². The first-order valence-corrected chi connectivity index (χ1v) is 13.2. The van der Waals surface area contributed by atoms with Crippen molar-refractivity contribution in [1.82, 2.24) is 19.7 Å². The minimum atomic E-state index is -1.09. The molecule has 0 unspecified atom stereocenters. The highest BCUT2D eigenvalue weighted by Crippen LogP contribution is 2.33. The molecule has 0 radical (unpaired) electrons. The largest absolute Gasteiger partial charge is 0.494 e. The summed E-state index contributed by atoms with van der Waals surface area (Å²) >= 11 is 3.44. The zero-order valence-corrected chi connectivity index (χ0v) is 18.6. The molecular weight excluding hydrogens is 426 g/mol. The second-order valence-corrected chi connectivity index (χ2v) is 13.9. The number of aromatic nitrogens is 4. The highest BCUT2D eigenvalue weighted by molar-refractivity contribution is 9.10. The maximum atomic E-state index is 5.83. The smallest absolute Gasteiger partial charge is 0.148 e. The Hall–Kier alpha value is -1.97. The van der Waals surface area contributed by atoms with Crippen LogP contribution in [0.3, 0.4) is 0 Å². The van der Waals surface area contributed by atoms with E-state index in [1.165, 1.54) is 6.33 Å². The van der Waals surface area contributed by atoms with Gasteiger partial charge in [-0.05, 0) is 28.0 Å². The summed E-state index contributed by atoms with van der Waals surface area (Å²) in [7, 11) is 0.551. The number of fused-ring (bicyclic) bond motifs is 1. The third-order valence-electron chi connectivity index (χ3n) is 4.09. The number of nitrogens with zero attached hydrogens (tertiary/aromatic N) is 4. The van der Waals surface area contributed by atoms with E-state index < -0.39 is 8.07 Å². The van der Waals surface area contributed by atoms with E-state index in [4.69, 9.17) is 9.47 Å². The lowest BCUT2D eigenvalue weighted by Gasteiger charge is -2.15. The summed E-state index contributed by atoms with van der Waals surface area (Å²) in [5.74, 6) is 1.38. The molecule has 0 saturated heterocycles. The maximum Gasteiger partial charge on any atom is 0.148 e. The van der Waals surface area contributed by atoms with E-state index in [1.54, 1.807) is 13.3 Å². The zero-order chi connectivity index (χ0) is 19.4. The summed E-state index contributed by atoms with van der Waals surface area (Å²) in [6.45, 7) is 8.22. The van der Waals surface area contributed by atoms with Gasteiger partial charge in [0.25, 0.3) is 0 Å². The van der Waals surface area contributed by atoms with Crippen molar-refractivity contribution < 1.29 is 9.47 Å². The Bertz CT molecular complexity index is 926. The van der Waals surface area contributed by atoms with E-state index in [2.05, 4.69) is 56.0 Å². The molecule has 9 heteroatoms. The molecule has 2 heterocycles. The summed E-state index contributed by atoms with van der Waals surface area (Å²) in [6, 6.07) is 5.09. The molecule has 2 aromatic heterocycles. The van der Waals surface area contributed by atoms with Gasteiger partial charge in [-0.15, -0.1) is 0 Å². The summed E-state index contributed by atoms with van der Waals surface area (Å²) in [5, 5.41) is 8.73. The van der Waals surface area contributed by atoms with E-state index >= 15 is 0 Å². The first-order valence-electron chi connectivity index (χ1n) is 8.71. The molecule has 0 fully saturated rings. The average Bonchev–Trinajstić information content (AvgIpc) is 3.01. The van der Waals surface area contributed by atoms with Crippen LogP contribution < -0.4 is 10.1 Å². The van der Waals surface area contributed by atoms with Gasteiger partial charge in [-0.1, -0.05) is 19.6 Å². The van der Waals surface area contributed by atoms with Gasteiger partial charge in [0, 0.05) is 32.3 Å². The monoisotopic (exact) mass is 449 g/mol. The van der Waals surface area contributed by atoms with Crippen molar-refractivity contribution in [3.05, 3.63) is 35.3 Å². The number of methoxy groups -OCH3 is 1. The van der Waals surface area contributed by atoms with Crippen LogP contribution in [0.1, 0.15) is 0 Å². The number of nitrogens with one attached hydrogen (secondary N) is 1. The second kappa shape index (κ2) is 8.36. The van der Waals surface area contributed by atoms with Crippen LogP contribution >= 0.6 is 15.9 Å². The third-order valence-corrected chi connectivity index (χ3v) is 6.38. The topological polar surface area (TPSA) is 74.1 Å². The predicted molar refractivity (Wildman–Crippen MR) is 113 cm³/mol. The molecule has 0 aliphatic carbocycles. The van der Waals surface area contributed by atoms with E-state index in [1.807, 2.05) is 23.0 Å². The van der Waals surface area contributed by atoms with Gasteiger partial charge in [-0.25, -0.2) is 14.6 Å². The van der Waals surface area contributed by atoms with Gasteiger partial charge in [0.15, 0.2) is 0 Å². The molecule has 7 nitrogen and oxygen atoms in total. The van der Waals surface area contributed by atoms with Gasteiger partial charge < -0.3 is 14.8 Å². The van der Waals surface area contributed by atoms with Crippen molar-refractivity contribution >= 4 is 46.4 Å². The average molecular weight is 450 g/mol. The molecule has 0 aliphatic rings. The number of rotatable bonds is 8. The minimum Gasteiger partial charge on any atom is -0.494 e. The molecule has 0 bridgehead atoms. The van der Waals surface area contributed by atoms with Gasteiger partial charge in [-0.2, -0.15) is 5.10 Å². The quantitative estimate of drug-likeness (QED) is 0.398. The summed E-state index contributed by atoms with van der Waals surface area (Å²) < 4.78 is 14.0.